The van der Waals surface area contributed by atoms with Gasteiger partial charge in [0.15, 0.2) is 0 Å². The van der Waals surface area contributed by atoms with Crippen molar-refractivity contribution in [2.45, 2.75) is 25.8 Å². The van der Waals surface area contributed by atoms with Crippen LogP contribution in [0.2, 0.25) is 0 Å². The molecule has 0 aliphatic carbocycles. The van der Waals surface area contributed by atoms with Crippen molar-refractivity contribution in [3.63, 3.8) is 0 Å². The number of nitrogens with one attached hydrogen (secondary N) is 1. The van der Waals surface area contributed by atoms with Crippen molar-refractivity contribution in [1.82, 2.24) is 19.7 Å². The number of fused-ring (bicyclic) bond motifs is 2. The Balaban J connectivity index is 1.66. The minimum Gasteiger partial charge on any atom is -0.359 e. The van der Waals surface area contributed by atoms with Gasteiger partial charge in [0.25, 0.3) is 0 Å². The summed E-state index contributed by atoms with van der Waals surface area (Å²) >= 11 is 0. The van der Waals surface area contributed by atoms with Gasteiger partial charge in [0.2, 0.25) is 11.8 Å². The van der Waals surface area contributed by atoms with Gasteiger partial charge in [-0.05, 0) is 12.5 Å². The first kappa shape index (κ1) is 17.3. The van der Waals surface area contributed by atoms with Gasteiger partial charge >= 0.3 is 0 Å². The number of carbonyl (C=O) groups is 2. The van der Waals surface area contributed by atoms with Crippen molar-refractivity contribution in [2.24, 2.45) is 7.05 Å². The fraction of sp³-hybridized carbons (Fsp3) is 0.350. The second kappa shape index (κ2) is 6.90. The molecule has 0 saturated heterocycles. The SMILES string of the molecule is CNC(=O)CCCN1C(=O)CCn2nc(-c3cn(C)c4ccccc34)cc21. The van der Waals surface area contributed by atoms with E-state index in [1.807, 2.05) is 29.9 Å². The molecular formula is C20H23N5O2. The minimum atomic E-state index is -0.00981. The molecule has 1 aliphatic rings. The van der Waals surface area contributed by atoms with Gasteiger partial charge in [-0.25, -0.2) is 4.68 Å². The monoisotopic (exact) mass is 365 g/mol. The summed E-state index contributed by atoms with van der Waals surface area (Å²) in [5.41, 5.74) is 3.08. The van der Waals surface area contributed by atoms with Crippen molar-refractivity contribution < 1.29 is 9.59 Å². The number of aromatic nitrogens is 3. The summed E-state index contributed by atoms with van der Waals surface area (Å²) < 4.78 is 3.99. The van der Waals surface area contributed by atoms with Crippen LogP contribution >= 0.6 is 0 Å². The molecule has 2 amide bonds. The van der Waals surface area contributed by atoms with E-state index in [-0.39, 0.29) is 11.8 Å². The molecule has 0 fully saturated rings. The number of hydrogen-bond donors (Lipinski definition) is 1. The number of nitrogens with zero attached hydrogens (tertiary/aromatic N) is 4. The summed E-state index contributed by atoms with van der Waals surface area (Å²) in [6.45, 7) is 1.11. The van der Waals surface area contributed by atoms with E-state index >= 15 is 0 Å². The average molecular weight is 365 g/mol. The maximum absolute atomic E-state index is 12.4. The molecule has 0 bridgehead atoms. The lowest BCUT2D eigenvalue weighted by molar-refractivity contribution is -0.121. The van der Waals surface area contributed by atoms with Crippen LogP contribution in [0.4, 0.5) is 5.82 Å². The molecule has 0 spiro atoms. The molecule has 1 aromatic carbocycles. The molecule has 3 heterocycles. The van der Waals surface area contributed by atoms with Crippen molar-refractivity contribution in [1.29, 1.82) is 0 Å². The molecule has 0 atom stereocenters. The number of para-hydroxylation sites is 1. The maximum atomic E-state index is 12.4. The number of anilines is 1. The maximum Gasteiger partial charge on any atom is 0.229 e. The predicted octanol–water partition coefficient (Wildman–Crippen LogP) is 2.30. The van der Waals surface area contributed by atoms with E-state index in [4.69, 9.17) is 5.10 Å². The Morgan fingerprint density at radius 3 is 2.93 bits per heavy atom. The summed E-state index contributed by atoms with van der Waals surface area (Å²) in [5, 5.41) is 8.52. The number of aryl methyl sites for hydroxylation is 2. The average Bonchev–Trinajstić information content (AvgIpc) is 3.25. The van der Waals surface area contributed by atoms with Gasteiger partial charge < -0.3 is 9.88 Å². The molecule has 4 rings (SSSR count). The number of amides is 2. The molecule has 2 aromatic heterocycles. The van der Waals surface area contributed by atoms with Crippen molar-refractivity contribution in [3.05, 3.63) is 36.5 Å². The topological polar surface area (TPSA) is 72.2 Å². The van der Waals surface area contributed by atoms with Crippen LogP contribution in [-0.4, -0.2) is 39.8 Å². The molecule has 0 saturated carbocycles. The third-order valence-corrected chi connectivity index (χ3v) is 5.11. The van der Waals surface area contributed by atoms with Crippen molar-refractivity contribution in [3.8, 4) is 11.3 Å². The molecule has 0 unspecified atom stereocenters. The summed E-state index contributed by atoms with van der Waals surface area (Å²) in [5.74, 6) is 0.888. The third-order valence-electron chi connectivity index (χ3n) is 5.11. The standard InChI is InChI=1S/C20H23N5O2/c1-21-18(26)8-5-10-24-19-12-16(22-25(19)11-9-20(24)27)15-13-23(2)17-7-4-3-6-14(15)17/h3-4,6-7,12-13H,5,8-11H2,1-2H3,(H,21,26). The van der Waals surface area contributed by atoms with Gasteiger partial charge in [0, 0.05) is 62.2 Å². The van der Waals surface area contributed by atoms with Crippen LogP contribution in [-0.2, 0) is 23.2 Å². The van der Waals surface area contributed by atoms with Gasteiger partial charge in [-0.2, -0.15) is 5.10 Å². The summed E-state index contributed by atoms with van der Waals surface area (Å²) in [6, 6.07) is 10.2. The summed E-state index contributed by atoms with van der Waals surface area (Å²) in [7, 11) is 3.65. The predicted molar refractivity (Wildman–Crippen MR) is 104 cm³/mol. The van der Waals surface area contributed by atoms with Gasteiger partial charge in [0.1, 0.15) is 5.82 Å². The zero-order valence-corrected chi connectivity index (χ0v) is 15.6. The first-order valence-corrected chi connectivity index (χ1v) is 9.21. The molecule has 1 N–H and O–H groups in total. The van der Waals surface area contributed by atoms with Gasteiger partial charge in [-0.3, -0.25) is 14.5 Å². The second-order valence-electron chi connectivity index (χ2n) is 6.85. The van der Waals surface area contributed by atoms with Crippen LogP contribution in [0.3, 0.4) is 0 Å². The first-order chi connectivity index (χ1) is 13.1. The second-order valence-corrected chi connectivity index (χ2v) is 6.85. The molecule has 1 aliphatic heterocycles. The smallest absolute Gasteiger partial charge is 0.229 e. The van der Waals surface area contributed by atoms with Crippen LogP contribution in [0, 0.1) is 0 Å². The van der Waals surface area contributed by atoms with E-state index in [1.54, 1.807) is 11.9 Å². The Morgan fingerprint density at radius 2 is 2.11 bits per heavy atom. The zero-order chi connectivity index (χ0) is 19.0. The Morgan fingerprint density at radius 1 is 1.30 bits per heavy atom. The highest BCUT2D eigenvalue weighted by atomic mass is 16.2. The van der Waals surface area contributed by atoms with Gasteiger partial charge in [0.05, 0.1) is 12.2 Å². The molecule has 7 heteroatoms. The van der Waals surface area contributed by atoms with Crippen molar-refractivity contribution >= 4 is 28.5 Å². The summed E-state index contributed by atoms with van der Waals surface area (Å²) in [4.78, 5) is 25.7. The number of carbonyl (C=O) groups excluding carboxylic acids is 2. The number of rotatable bonds is 5. The lowest BCUT2D eigenvalue weighted by Crippen LogP contribution is -2.38. The van der Waals surface area contributed by atoms with Crippen LogP contribution in [0.1, 0.15) is 19.3 Å². The van der Waals surface area contributed by atoms with Crippen LogP contribution in [0.15, 0.2) is 36.5 Å². The lowest BCUT2D eigenvalue weighted by Gasteiger charge is -2.27. The Hall–Kier alpha value is -3.09. The Labute approximate surface area is 157 Å². The van der Waals surface area contributed by atoms with E-state index < -0.39 is 0 Å². The molecule has 140 valence electrons. The molecule has 7 nitrogen and oxygen atoms in total. The van der Waals surface area contributed by atoms with Crippen molar-refractivity contribution in [2.75, 3.05) is 18.5 Å². The molecular weight excluding hydrogens is 342 g/mol. The van der Waals surface area contributed by atoms with E-state index in [0.29, 0.717) is 32.4 Å². The zero-order valence-electron chi connectivity index (χ0n) is 15.6. The molecule has 3 aromatic rings. The largest absolute Gasteiger partial charge is 0.359 e. The van der Waals surface area contributed by atoms with E-state index in [0.717, 1.165) is 28.0 Å². The highest BCUT2D eigenvalue weighted by molar-refractivity contribution is 5.98. The normalized spacial score (nSPS) is 13.9. The lowest BCUT2D eigenvalue weighted by atomic mass is 10.1. The van der Waals surface area contributed by atoms with Crippen LogP contribution < -0.4 is 10.2 Å². The third kappa shape index (κ3) is 3.09. The highest BCUT2D eigenvalue weighted by Gasteiger charge is 2.26. The fourth-order valence-electron chi connectivity index (χ4n) is 3.69. The molecule has 0 radical (unpaired) electrons. The van der Waals surface area contributed by atoms with Gasteiger partial charge in [-0.15, -0.1) is 0 Å². The van der Waals surface area contributed by atoms with Crippen LogP contribution in [0.5, 0.6) is 0 Å². The summed E-state index contributed by atoms with van der Waals surface area (Å²) in [6.07, 6.45) is 3.55. The van der Waals surface area contributed by atoms with E-state index in [2.05, 4.69) is 28.2 Å². The number of hydrogen-bond acceptors (Lipinski definition) is 3. The van der Waals surface area contributed by atoms with Gasteiger partial charge in [-0.1, -0.05) is 18.2 Å². The quantitative estimate of drug-likeness (QED) is 0.754. The highest BCUT2D eigenvalue weighted by Crippen LogP contribution is 2.33. The number of benzene rings is 1. The van der Waals surface area contributed by atoms with E-state index in [1.165, 1.54) is 0 Å². The van der Waals surface area contributed by atoms with E-state index in [9.17, 15) is 9.59 Å². The molecule has 27 heavy (non-hydrogen) atoms. The Bertz CT molecular complexity index is 1020. The fourth-order valence-corrected chi connectivity index (χ4v) is 3.69. The first-order valence-electron chi connectivity index (χ1n) is 9.21. The Kier molecular flexibility index (Phi) is 4.43. The minimum absolute atomic E-state index is 0.00981. The van der Waals surface area contributed by atoms with Crippen LogP contribution in [0.25, 0.3) is 22.2 Å².